The number of benzene rings is 2. The van der Waals surface area contributed by atoms with Crippen molar-refractivity contribution in [2.45, 2.75) is 13.1 Å². The van der Waals surface area contributed by atoms with Crippen LogP contribution in [0.1, 0.15) is 22.8 Å². The van der Waals surface area contributed by atoms with E-state index in [-0.39, 0.29) is 22.0 Å². The van der Waals surface area contributed by atoms with Crippen LogP contribution in [0.15, 0.2) is 42.5 Å². The van der Waals surface area contributed by atoms with Gasteiger partial charge in [-0.05, 0) is 49.4 Å². The van der Waals surface area contributed by atoms with Crippen LogP contribution in [0.2, 0.25) is 5.02 Å². The topological polar surface area (TPSA) is 75.3 Å². The van der Waals surface area contributed by atoms with Gasteiger partial charge in [-0.1, -0.05) is 11.6 Å². The smallest absolute Gasteiger partial charge is 0.321 e. The molecule has 0 aliphatic rings. The molecule has 2 rings (SSSR count). The summed E-state index contributed by atoms with van der Waals surface area (Å²) in [6, 6.07) is 8.29. The Labute approximate surface area is 153 Å². The lowest BCUT2D eigenvalue weighted by molar-refractivity contribution is -0.136. The van der Waals surface area contributed by atoms with Gasteiger partial charge in [-0.15, -0.1) is 0 Å². The highest BCUT2D eigenvalue weighted by Gasteiger charge is 2.34. The number of carbonyl (C=O) groups is 1. The van der Waals surface area contributed by atoms with E-state index in [9.17, 15) is 26.4 Å². The Morgan fingerprint density at radius 1 is 1.12 bits per heavy atom. The van der Waals surface area contributed by atoms with Gasteiger partial charge in [0.2, 0.25) is 10.0 Å². The monoisotopic (exact) mass is 406 g/mol. The van der Waals surface area contributed by atoms with Crippen molar-refractivity contribution in [1.82, 2.24) is 0 Å². The van der Waals surface area contributed by atoms with Crippen LogP contribution < -0.4 is 10.0 Å². The van der Waals surface area contributed by atoms with Crippen LogP contribution >= 0.6 is 11.6 Å². The minimum absolute atomic E-state index is 0.0625. The van der Waals surface area contributed by atoms with E-state index in [2.05, 4.69) is 10.0 Å². The fraction of sp³-hybridized carbons (Fsp3) is 0.188. The number of amides is 1. The number of hydrogen-bond acceptors (Lipinski definition) is 3. The standard InChI is InChI=1S/C16H14ClF3N2O3S/c1-2-26(24,25)22-12-6-3-10(4-7-12)15(23)21-14-8-5-11(17)9-13(14)16(18,19)20/h3-9,22H,2H2,1H3,(H,21,23). The lowest BCUT2D eigenvalue weighted by Gasteiger charge is -2.14. The Kier molecular flexibility index (Phi) is 5.82. The van der Waals surface area contributed by atoms with E-state index in [1.165, 1.54) is 37.3 Å². The fourth-order valence-electron chi connectivity index (χ4n) is 2.00. The average molecular weight is 407 g/mol. The first-order valence-corrected chi connectivity index (χ1v) is 9.33. The molecule has 2 N–H and O–H groups in total. The molecule has 0 unspecified atom stereocenters. The molecule has 0 fully saturated rings. The molecule has 1 amide bonds. The van der Waals surface area contributed by atoms with E-state index in [0.29, 0.717) is 0 Å². The predicted octanol–water partition coefficient (Wildman–Crippen LogP) is 4.37. The number of hydrogen-bond donors (Lipinski definition) is 2. The van der Waals surface area contributed by atoms with Gasteiger partial charge in [-0.2, -0.15) is 13.2 Å². The molecule has 2 aromatic rings. The summed E-state index contributed by atoms with van der Waals surface area (Å²) < 4.78 is 64.4. The highest BCUT2D eigenvalue weighted by Crippen LogP contribution is 2.36. The summed E-state index contributed by atoms with van der Waals surface area (Å²) in [6.07, 6.45) is -4.68. The maximum absolute atomic E-state index is 13.1. The maximum Gasteiger partial charge on any atom is 0.418 e. The van der Waals surface area contributed by atoms with Crippen LogP contribution in [0, 0.1) is 0 Å². The molecule has 0 atom stereocenters. The SMILES string of the molecule is CCS(=O)(=O)Nc1ccc(C(=O)Nc2ccc(Cl)cc2C(F)(F)F)cc1. The van der Waals surface area contributed by atoms with Crippen LogP contribution in [-0.2, 0) is 16.2 Å². The summed E-state index contributed by atoms with van der Waals surface area (Å²) in [6.45, 7) is 1.47. The highest BCUT2D eigenvalue weighted by atomic mass is 35.5. The van der Waals surface area contributed by atoms with Crippen molar-refractivity contribution in [3.05, 3.63) is 58.6 Å². The van der Waals surface area contributed by atoms with Gasteiger partial charge in [0.25, 0.3) is 5.91 Å². The third-order valence-corrected chi connectivity index (χ3v) is 4.88. The molecule has 0 aromatic heterocycles. The van der Waals surface area contributed by atoms with Gasteiger partial charge < -0.3 is 5.32 Å². The number of anilines is 2. The molecular formula is C16H14ClF3N2O3S. The van der Waals surface area contributed by atoms with E-state index in [4.69, 9.17) is 11.6 Å². The number of sulfonamides is 1. The molecule has 0 bridgehead atoms. The zero-order valence-corrected chi connectivity index (χ0v) is 15.0. The fourth-order valence-corrected chi connectivity index (χ4v) is 2.81. The van der Waals surface area contributed by atoms with E-state index in [1.54, 1.807) is 0 Å². The predicted molar refractivity (Wildman–Crippen MR) is 93.9 cm³/mol. The van der Waals surface area contributed by atoms with E-state index >= 15 is 0 Å². The summed E-state index contributed by atoms with van der Waals surface area (Å²) in [4.78, 5) is 12.2. The van der Waals surface area contributed by atoms with E-state index < -0.39 is 33.4 Å². The largest absolute Gasteiger partial charge is 0.418 e. The normalized spacial score (nSPS) is 11.9. The van der Waals surface area contributed by atoms with Crippen molar-refractivity contribution in [2.24, 2.45) is 0 Å². The van der Waals surface area contributed by atoms with E-state index in [1.807, 2.05) is 0 Å². The summed E-state index contributed by atoms with van der Waals surface area (Å²) in [5, 5.41) is 2.07. The zero-order valence-electron chi connectivity index (χ0n) is 13.4. The van der Waals surface area contributed by atoms with Crippen LogP contribution in [0.25, 0.3) is 0 Å². The Morgan fingerprint density at radius 3 is 2.27 bits per heavy atom. The van der Waals surface area contributed by atoms with Crippen LogP contribution in [-0.4, -0.2) is 20.1 Å². The van der Waals surface area contributed by atoms with Gasteiger partial charge in [0.15, 0.2) is 0 Å². The molecule has 10 heteroatoms. The summed E-state index contributed by atoms with van der Waals surface area (Å²) in [5.41, 5.74) is -1.19. The molecule has 140 valence electrons. The highest BCUT2D eigenvalue weighted by molar-refractivity contribution is 7.92. The van der Waals surface area contributed by atoms with Crippen LogP contribution in [0.4, 0.5) is 24.5 Å². The Bertz CT molecular complexity index is 913. The first-order chi connectivity index (χ1) is 12.0. The molecular weight excluding hydrogens is 393 g/mol. The van der Waals surface area contributed by atoms with Crippen molar-refractivity contribution >= 4 is 38.9 Å². The molecule has 0 saturated heterocycles. The number of rotatable bonds is 5. The molecule has 26 heavy (non-hydrogen) atoms. The maximum atomic E-state index is 13.1. The molecule has 2 aromatic carbocycles. The zero-order chi connectivity index (χ0) is 19.5. The number of carbonyl (C=O) groups excluding carboxylic acids is 1. The minimum atomic E-state index is -4.68. The molecule has 0 saturated carbocycles. The molecule has 0 aliphatic carbocycles. The van der Waals surface area contributed by atoms with Gasteiger partial charge in [-0.25, -0.2) is 8.42 Å². The van der Waals surface area contributed by atoms with Crippen LogP contribution in [0.3, 0.4) is 0 Å². The number of alkyl halides is 3. The third-order valence-electron chi connectivity index (χ3n) is 3.34. The van der Waals surface area contributed by atoms with Crippen molar-refractivity contribution in [1.29, 1.82) is 0 Å². The summed E-state index contributed by atoms with van der Waals surface area (Å²) >= 11 is 5.59. The first kappa shape index (κ1) is 20.1. The van der Waals surface area contributed by atoms with Gasteiger partial charge in [0.05, 0.1) is 17.0 Å². The molecule has 0 aliphatic heterocycles. The molecule has 5 nitrogen and oxygen atoms in total. The lowest BCUT2D eigenvalue weighted by atomic mass is 10.1. The number of halogens is 4. The third kappa shape index (κ3) is 5.12. The second-order valence-corrected chi connectivity index (χ2v) is 7.67. The van der Waals surface area contributed by atoms with Crippen molar-refractivity contribution in [2.75, 3.05) is 15.8 Å². The first-order valence-electron chi connectivity index (χ1n) is 7.30. The summed E-state index contributed by atoms with van der Waals surface area (Å²) in [7, 11) is -3.47. The lowest BCUT2D eigenvalue weighted by Crippen LogP contribution is -2.17. The summed E-state index contributed by atoms with van der Waals surface area (Å²) in [5.74, 6) is -0.894. The van der Waals surface area contributed by atoms with Gasteiger partial charge in [0.1, 0.15) is 0 Å². The van der Waals surface area contributed by atoms with Gasteiger partial charge >= 0.3 is 6.18 Å². The molecule has 0 heterocycles. The van der Waals surface area contributed by atoms with E-state index in [0.717, 1.165) is 12.1 Å². The Hall–Kier alpha value is -2.26. The van der Waals surface area contributed by atoms with Gasteiger partial charge in [0, 0.05) is 16.3 Å². The molecule has 0 spiro atoms. The van der Waals surface area contributed by atoms with Crippen molar-refractivity contribution in [3.8, 4) is 0 Å². The van der Waals surface area contributed by atoms with Gasteiger partial charge in [-0.3, -0.25) is 9.52 Å². The Morgan fingerprint density at radius 2 is 1.73 bits per heavy atom. The van der Waals surface area contributed by atoms with Crippen molar-refractivity contribution in [3.63, 3.8) is 0 Å². The molecule has 0 radical (unpaired) electrons. The second-order valence-electron chi connectivity index (χ2n) is 5.22. The second kappa shape index (κ2) is 7.55. The quantitative estimate of drug-likeness (QED) is 0.774. The average Bonchev–Trinajstić information content (AvgIpc) is 2.56. The minimum Gasteiger partial charge on any atom is -0.321 e. The number of nitrogens with one attached hydrogen (secondary N) is 2. The Balaban J connectivity index is 2.21. The van der Waals surface area contributed by atoms with Crippen LogP contribution in [0.5, 0.6) is 0 Å². The van der Waals surface area contributed by atoms with Crippen molar-refractivity contribution < 1.29 is 26.4 Å².